The molecule has 0 fully saturated rings. The molecule has 1 aromatic rings. The molecule has 0 saturated carbocycles. The molecule has 0 heterocycles. The van der Waals surface area contributed by atoms with Gasteiger partial charge in [-0.05, 0) is 54.5 Å². The predicted molar refractivity (Wildman–Crippen MR) is 93.7 cm³/mol. The van der Waals surface area contributed by atoms with Gasteiger partial charge in [0, 0.05) is 22.9 Å². The van der Waals surface area contributed by atoms with Crippen molar-refractivity contribution < 1.29 is 13.7 Å². The van der Waals surface area contributed by atoms with Crippen LogP contribution in [0.15, 0.2) is 10.5 Å². The number of rotatable bonds is 6. The van der Waals surface area contributed by atoms with Gasteiger partial charge in [0.1, 0.15) is 22.5 Å². The topological polar surface area (TPSA) is 47.9 Å². The summed E-state index contributed by atoms with van der Waals surface area (Å²) in [6.07, 6.45) is 1.65. The van der Waals surface area contributed by atoms with Gasteiger partial charge in [-0.1, -0.05) is 0 Å². The second-order valence-electron chi connectivity index (χ2n) is 6.01. The second-order valence-corrected chi connectivity index (χ2v) is 7.94. The minimum absolute atomic E-state index is 0.374. The highest BCUT2D eigenvalue weighted by molar-refractivity contribution is 7.85. The quantitative estimate of drug-likeness (QED) is 0.743. The lowest BCUT2D eigenvalue weighted by Crippen LogP contribution is -2.19. The molecule has 0 unspecified atom stereocenters. The highest BCUT2D eigenvalue weighted by Gasteiger charge is 2.19. The summed E-state index contributed by atoms with van der Waals surface area (Å²) in [6.45, 7) is 14.7. The molecular weight excluding hydrogens is 298 g/mol. The van der Waals surface area contributed by atoms with E-state index in [1.807, 2.05) is 54.5 Å². The van der Waals surface area contributed by atoms with E-state index in [0.29, 0.717) is 13.2 Å². The van der Waals surface area contributed by atoms with Gasteiger partial charge >= 0.3 is 0 Å². The third kappa shape index (κ3) is 4.57. The van der Waals surface area contributed by atoms with Gasteiger partial charge < -0.3 is 9.47 Å². The Labute approximate surface area is 136 Å². The molecule has 0 amide bonds. The summed E-state index contributed by atoms with van der Waals surface area (Å²) in [6, 6.07) is 1.93. The molecule has 1 atom stereocenters. The van der Waals surface area contributed by atoms with E-state index in [9.17, 15) is 4.21 Å². The molecule has 1 aromatic carbocycles. The maximum atomic E-state index is 12.1. The van der Waals surface area contributed by atoms with Gasteiger partial charge in [-0.2, -0.15) is 4.40 Å². The van der Waals surface area contributed by atoms with Crippen LogP contribution in [0.2, 0.25) is 0 Å². The van der Waals surface area contributed by atoms with Gasteiger partial charge in [0.25, 0.3) is 0 Å². The lowest BCUT2D eigenvalue weighted by atomic mass is 10.0. The van der Waals surface area contributed by atoms with E-state index in [2.05, 4.69) is 4.40 Å². The van der Waals surface area contributed by atoms with E-state index in [-0.39, 0.29) is 4.75 Å². The van der Waals surface area contributed by atoms with Crippen molar-refractivity contribution in [3.63, 3.8) is 0 Å². The molecule has 0 spiro atoms. The summed E-state index contributed by atoms with van der Waals surface area (Å²) in [7, 11) is -1.28. The molecule has 22 heavy (non-hydrogen) atoms. The van der Waals surface area contributed by atoms with Crippen molar-refractivity contribution in [1.82, 2.24) is 0 Å². The monoisotopic (exact) mass is 325 g/mol. The standard InChI is InChI=1S/C17H27NO3S/c1-8-20-15-10-14(11-18-22(19)17(5,6)7)12(3)16(13(15)4)21-9-2/h10-11H,8-9H2,1-7H3/b18-11+/t22-/m0/s1. The summed E-state index contributed by atoms with van der Waals surface area (Å²) in [5, 5.41) is 0. The van der Waals surface area contributed by atoms with Crippen LogP contribution in [0.4, 0.5) is 0 Å². The van der Waals surface area contributed by atoms with Crippen LogP contribution in [0.1, 0.15) is 51.3 Å². The van der Waals surface area contributed by atoms with Crippen molar-refractivity contribution in [1.29, 1.82) is 0 Å². The SMILES string of the molecule is CCOc1cc(/C=N/[S@@](=O)C(C)(C)C)c(C)c(OCC)c1C. The number of ether oxygens (including phenoxy) is 2. The van der Waals surface area contributed by atoms with Gasteiger partial charge in [-0.25, -0.2) is 4.21 Å². The van der Waals surface area contributed by atoms with Crippen LogP contribution in [0.25, 0.3) is 0 Å². The van der Waals surface area contributed by atoms with Crippen molar-refractivity contribution in [2.24, 2.45) is 4.40 Å². The maximum absolute atomic E-state index is 12.1. The van der Waals surface area contributed by atoms with Crippen molar-refractivity contribution in [2.45, 2.75) is 53.2 Å². The summed E-state index contributed by atoms with van der Waals surface area (Å²) < 4.78 is 27.3. The average Bonchev–Trinajstić information content (AvgIpc) is 2.44. The van der Waals surface area contributed by atoms with Gasteiger partial charge in [-0.15, -0.1) is 0 Å². The van der Waals surface area contributed by atoms with E-state index in [4.69, 9.17) is 9.47 Å². The fraction of sp³-hybridized carbons (Fsp3) is 0.588. The zero-order valence-corrected chi connectivity index (χ0v) is 15.5. The Hall–Kier alpha value is -1.36. The van der Waals surface area contributed by atoms with Crippen molar-refractivity contribution in [3.05, 3.63) is 22.8 Å². The second kappa shape index (κ2) is 7.77. The van der Waals surface area contributed by atoms with Crippen molar-refractivity contribution in [3.8, 4) is 11.5 Å². The molecule has 1 rings (SSSR count). The van der Waals surface area contributed by atoms with Crippen LogP contribution in [0, 0.1) is 13.8 Å². The first-order chi connectivity index (χ1) is 10.2. The minimum atomic E-state index is -1.28. The van der Waals surface area contributed by atoms with Crippen LogP contribution < -0.4 is 9.47 Å². The highest BCUT2D eigenvalue weighted by Crippen LogP contribution is 2.34. The Balaban J connectivity index is 3.29. The Kier molecular flexibility index (Phi) is 6.60. The molecule has 0 saturated heterocycles. The number of benzene rings is 1. The Morgan fingerprint density at radius 1 is 1.14 bits per heavy atom. The zero-order valence-electron chi connectivity index (χ0n) is 14.6. The van der Waals surface area contributed by atoms with Gasteiger partial charge in [0.15, 0.2) is 0 Å². The molecule has 0 N–H and O–H groups in total. The van der Waals surface area contributed by atoms with Gasteiger partial charge in [0.2, 0.25) is 0 Å². The van der Waals surface area contributed by atoms with Gasteiger partial charge in [-0.3, -0.25) is 0 Å². The third-order valence-corrected chi connectivity index (χ3v) is 4.51. The minimum Gasteiger partial charge on any atom is -0.493 e. The summed E-state index contributed by atoms with van der Waals surface area (Å²) in [5.41, 5.74) is 2.84. The summed E-state index contributed by atoms with van der Waals surface area (Å²) in [4.78, 5) is 0. The molecule has 0 aromatic heterocycles. The maximum Gasteiger partial charge on any atom is 0.144 e. The van der Waals surface area contributed by atoms with Crippen LogP contribution in [0.5, 0.6) is 11.5 Å². The third-order valence-electron chi connectivity index (χ3n) is 3.17. The fourth-order valence-corrected chi connectivity index (χ4v) is 2.47. The normalized spacial score (nSPS) is 13.4. The first-order valence-electron chi connectivity index (χ1n) is 7.58. The van der Waals surface area contributed by atoms with Crippen molar-refractivity contribution >= 4 is 17.2 Å². The lowest BCUT2D eigenvalue weighted by molar-refractivity contribution is 0.317. The van der Waals surface area contributed by atoms with Crippen LogP contribution in [-0.4, -0.2) is 28.4 Å². The molecular formula is C17H27NO3S. The predicted octanol–water partition coefficient (Wildman–Crippen LogP) is 3.98. The average molecular weight is 325 g/mol. The molecule has 0 radical (unpaired) electrons. The van der Waals surface area contributed by atoms with E-state index >= 15 is 0 Å². The smallest absolute Gasteiger partial charge is 0.144 e. The lowest BCUT2D eigenvalue weighted by Gasteiger charge is -2.17. The number of hydrogen-bond donors (Lipinski definition) is 0. The molecule has 0 bridgehead atoms. The Bertz CT molecular complexity index is 574. The number of hydrogen-bond acceptors (Lipinski definition) is 3. The molecule has 4 nitrogen and oxygen atoms in total. The Morgan fingerprint density at radius 3 is 2.23 bits per heavy atom. The highest BCUT2D eigenvalue weighted by atomic mass is 32.2. The van der Waals surface area contributed by atoms with E-state index in [0.717, 1.165) is 28.2 Å². The zero-order chi connectivity index (χ0) is 16.9. The molecule has 124 valence electrons. The van der Waals surface area contributed by atoms with Crippen LogP contribution in [-0.2, 0) is 11.0 Å². The molecule has 0 aliphatic rings. The first-order valence-corrected chi connectivity index (χ1v) is 8.68. The van der Waals surface area contributed by atoms with Crippen LogP contribution in [0.3, 0.4) is 0 Å². The first kappa shape index (κ1) is 18.7. The molecule has 0 aliphatic carbocycles. The van der Waals surface area contributed by atoms with E-state index in [1.54, 1.807) is 6.21 Å². The van der Waals surface area contributed by atoms with E-state index in [1.165, 1.54) is 0 Å². The molecule has 0 aliphatic heterocycles. The Morgan fingerprint density at radius 2 is 1.73 bits per heavy atom. The van der Waals surface area contributed by atoms with E-state index < -0.39 is 11.0 Å². The van der Waals surface area contributed by atoms with Crippen LogP contribution >= 0.6 is 0 Å². The number of nitrogens with zero attached hydrogens (tertiary/aromatic N) is 1. The fourth-order valence-electron chi connectivity index (χ4n) is 1.95. The molecule has 5 heteroatoms. The summed E-state index contributed by atoms with van der Waals surface area (Å²) >= 11 is 0. The summed E-state index contributed by atoms with van der Waals surface area (Å²) in [5.74, 6) is 1.59. The van der Waals surface area contributed by atoms with Gasteiger partial charge in [0.05, 0.1) is 18.0 Å². The largest absolute Gasteiger partial charge is 0.493 e. The van der Waals surface area contributed by atoms with Crippen molar-refractivity contribution in [2.75, 3.05) is 13.2 Å².